The van der Waals surface area contributed by atoms with Crippen LogP contribution in [0, 0.1) is 11.6 Å². The predicted octanol–water partition coefficient (Wildman–Crippen LogP) is 4.15. The van der Waals surface area contributed by atoms with Crippen molar-refractivity contribution >= 4 is 10.9 Å². The zero-order valence-corrected chi connectivity index (χ0v) is 12.2. The van der Waals surface area contributed by atoms with Crippen LogP contribution in [0.15, 0.2) is 42.6 Å². The molecule has 0 aliphatic carbocycles. The quantitative estimate of drug-likeness (QED) is 0.708. The highest BCUT2D eigenvalue weighted by atomic mass is 19.1. The van der Waals surface area contributed by atoms with Crippen LogP contribution < -0.4 is 4.74 Å². The summed E-state index contributed by atoms with van der Waals surface area (Å²) in [7, 11) is 0. The molecule has 0 radical (unpaired) electrons. The van der Waals surface area contributed by atoms with E-state index in [4.69, 9.17) is 4.74 Å². The zero-order valence-electron chi connectivity index (χ0n) is 12.2. The Labute approximate surface area is 127 Å². The Morgan fingerprint density at radius 2 is 1.86 bits per heavy atom. The van der Waals surface area contributed by atoms with Crippen LogP contribution in [0.25, 0.3) is 10.9 Å². The van der Waals surface area contributed by atoms with E-state index in [2.05, 4.69) is 5.10 Å². The molecule has 0 atom stereocenters. The highest BCUT2D eigenvalue weighted by Gasteiger charge is 2.14. The van der Waals surface area contributed by atoms with Gasteiger partial charge in [-0.3, -0.25) is 4.68 Å². The van der Waals surface area contributed by atoms with E-state index in [1.54, 1.807) is 10.9 Å². The summed E-state index contributed by atoms with van der Waals surface area (Å²) in [6.07, 6.45) is 2.47. The van der Waals surface area contributed by atoms with Gasteiger partial charge in [-0.2, -0.15) is 5.10 Å². The Balaban J connectivity index is 1.92. The van der Waals surface area contributed by atoms with E-state index in [0.717, 1.165) is 17.3 Å². The van der Waals surface area contributed by atoms with Crippen LogP contribution in [-0.2, 0) is 6.54 Å². The number of nitrogens with zero attached hydrogens (tertiary/aromatic N) is 2. The van der Waals surface area contributed by atoms with Gasteiger partial charge >= 0.3 is 0 Å². The molecule has 0 saturated heterocycles. The summed E-state index contributed by atoms with van der Waals surface area (Å²) in [5, 5.41) is 5.13. The van der Waals surface area contributed by atoms with Gasteiger partial charge in [-0.15, -0.1) is 0 Å². The summed E-state index contributed by atoms with van der Waals surface area (Å²) in [5.74, 6) is -1.03. The van der Waals surface area contributed by atoms with Crippen LogP contribution in [0.3, 0.4) is 0 Å². The molecule has 0 aliphatic heterocycles. The van der Waals surface area contributed by atoms with Gasteiger partial charge in [0.15, 0.2) is 0 Å². The van der Waals surface area contributed by atoms with E-state index < -0.39 is 11.6 Å². The third-order valence-electron chi connectivity index (χ3n) is 3.45. The monoisotopic (exact) mass is 302 g/mol. The van der Waals surface area contributed by atoms with Gasteiger partial charge < -0.3 is 4.74 Å². The number of hydrogen-bond acceptors (Lipinski definition) is 2. The van der Waals surface area contributed by atoms with Gasteiger partial charge in [0.1, 0.15) is 17.4 Å². The molecule has 0 bridgehead atoms. The Kier molecular flexibility index (Phi) is 4.04. The summed E-state index contributed by atoms with van der Waals surface area (Å²) in [6, 6.07) is 9.99. The molecule has 0 saturated carbocycles. The van der Waals surface area contributed by atoms with Crippen molar-refractivity contribution in [3.63, 3.8) is 0 Å². The van der Waals surface area contributed by atoms with Crippen LogP contribution in [0.5, 0.6) is 5.75 Å². The van der Waals surface area contributed by atoms with Crippen molar-refractivity contribution in [2.45, 2.75) is 19.9 Å². The molecule has 114 valence electrons. The number of halogens is 2. The average Bonchev–Trinajstić information content (AvgIpc) is 2.92. The Hall–Kier alpha value is -2.43. The minimum absolute atomic E-state index is 0.0160. The van der Waals surface area contributed by atoms with E-state index in [9.17, 15) is 8.78 Å². The molecule has 0 fully saturated rings. The minimum atomic E-state index is -0.620. The topological polar surface area (TPSA) is 27.1 Å². The average molecular weight is 302 g/mol. The molecule has 0 N–H and O–H groups in total. The number of para-hydroxylation sites is 1. The second-order valence-corrected chi connectivity index (χ2v) is 5.07. The summed E-state index contributed by atoms with van der Waals surface area (Å²) in [6.45, 7) is 2.41. The Morgan fingerprint density at radius 3 is 2.59 bits per heavy atom. The standard InChI is InChI=1S/C17H16F2N2O/c1-2-7-22-13-8-15(18)14(16(19)9-13)11-21-17-6-4-3-5-12(17)10-20-21/h3-6,8-10H,2,7,11H2,1H3. The molecule has 3 nitrogen and oxygen atoms in total. The number of benzene rings is 2. The van der Waals surface area contributed by atoms with Crippen molar-refractivity contribution in [1.29, 1.82) is 0 Å². The van der Waals surface area contributed by atoms with Crippen molar-refractivity contribution in [2.24, 2.45) is 0 Å². The molecular formula is C17H16F2N2O. The first-order valence-electron chi connectivity index (χ1n) is 7.20. The number of ether oxygens (including phenoxy) is 1. The molecular weight excluding hydrogens is 286 g/mol. The van der Waals surface area contributed by atoms with E-state index in [0.29, 0.717) is 6.61 Å². The molecule has 22 heavy (non-hydrogen) atoms. The molecule has 0 unspecified atom stereocenters. The molecule has 5 heteroatoms. The van der Waals surface area contributed by atoms with Crippen molar-refractivity contribution in [3.05, 3.63) is 59.8 Å². The molecule has 3 aromatic rings. The lowest BCUT2D eigenvalue weighted by atomic mass is 10.2. The molecule has 2 aromatic carbocycles. The number of aromatic nitrogens is 2. The largest absolute Gasteiger partial charge is 0.493 e. The number of fused-ring (bicyclic) bond motifs is 1. The maximum absolute atomic E-state index is 14.2. The lowest BCUT2D eigenvalue weighted by Gasteiger charge is -2.10. The molecule has 0 aliphatic rings. The first-order chi connectivity index (χ1) is 10.7. The third kappa shape index (κ3) is 2.79. The fourth-order valence-corrected chi connectivity index (χ4v) is 2.34. The van der Waals surface area contributed by atoms with Crippen molar-refractivity contribution in [3.8, 4) is 5.75 Å². The summed E-state index contributed by atoms with van der Waals surface area (Å²) < 4.78 is 35.2. The molecule has 1 aromatic heterocycles. The van der Waals surface area contributed by atoms with Gasteiger partial charge in [0.05, 0.1) is 24.9 Å². The second kappa shape index (κ2) is 6.13. The van der Waals surface area contributed by atoms with Crippen LogP contribution in [0.4, 0.5) is 8.78 Å². The van der Waals surface area contributed by atoms with Gasteiger partial charge in [0.25, 0.3) is 0 Å². The summed E-state index contributed by atoms with van der Waals surface area (Å²) in [5.41, 5.74) is 0.824. The van der Waals surface area contributed by atoms with Crippen LogP contribution in [0.2, 0.25) is 0 Å². The number of hydrogen-bond donors (Lipinski definition) is 0. The lowest BCUT2D eigenvalue weighted by Crippen LogP contribution is -2.07. The highest BCUT2D eigenvalue weighted by molar-refractivity contribution is 5.78. The highest BCUT2D eigenvalue weighted by Crippen LogP contribution is 2.23. The van der Waals surface area contributed by atoms with Crippen LogP contribution >= 0.6 is 0 Å². The SMILES string of the molecule is CCCOc1cc(F)c(Cn2ncc3ccccc32)c(F)c1. The Bertz CT molecular complexity index is 775. The molecule has 3 rings (SSSR count). The first-order valence-corrected chi connectivity index (χ1v) is 7.20. The summed E-state index contributed by atoms with van der Waals surface area (Å²) >= 11 is 0. The smallest absolute Gasteiger partial charge is 0.134 e. The Morgan fingerprint density at radius 1 is 1.14 bits per heavy atom. The maximum Gasteiger partial charge on any atom is 0.134 e. The fraction of sp³-hybridized carbons (Fsp3) is 0.235. The van der Waals surface area contributed by atoms with E-state index in [1.807, 2.05) is 31.2 Å². The summed E-state index contributed by atoms with van der Waals surface area (Å²) in [4.78, 5) is 0. The minimum Gasteiger partial charge on any atom is -0.493 e. The first kappa shape index (κ1) is 14.5. The van der Waals surface area contributed by atoms with Gasteiger partial charge in [-0.1, -0.05) is 25.1 Å². The second-order valence-electron chi connectivity index (χ2n) is 5.07. The lowest BCUT2D eigenvalue weighted by molar-refractivity contribution is 0.313. The van der Waals surface area contributed by atoms with E-state index in [-0.39, 0.29) is 17.9 Å². The van der Waals surface area contributed by atoms with Gasteiger partial charge in [0.2, 0.25) is 0 Å². The normalized spacial score (nSPS) is 11.0. The van der Waals surface area contributed by atoms with E-state index in [1.165, 1.54) is 12.1 Å². The maximum atomic E-state index is 14.2. The van der Waals surface area contributed by atoms with Crippen molar-refractivity contribution in [1.82, 2.24) is 9.78 Å². The molecule has 1 heterocycles. The van der Waals surface area contributed by atoms with Crippen molar-refractivity contribution in [2.75, 3.05) is 6.61 Å². The van der Waals surface area contributed by atoms with E-state index >= 15 is 0 Å². The van der Waals surface area contributed by atoms with Crippen LogP contribution in [-0.4, -0.2) is 16.4 Å². The fourth-order valence-electron chi connectivity index (χ4n) is 2.34. The van der Waals surface area contributed by atoms with Crippen molar-refractivity contribution < 1.29 is 13.5 Å². The molecule has 0 spiro atoms. The third-order valence-corrected chi connectivity index (χ3v) is 3.45. The van der Waals surface area contributed by atoms with Crippen LogP contribution in [0.1, 0.15) is 18.9 Å². The van der Waals surface area contributed by atoms with Gasteiger partial charge in [-0.05, 0) is 12.5 Å². The van der Waals surface area contributed by atoms with Gasteiger partial charge in [0, 0.05) is 23.1 Å². The zero-order chi connectivity index (χ0) is 15.5. The number of rotatable bonds is 5. The molecule has 0 amide bonds. The predicted molar refractivity (Wildman–Crippen MR) is 81.0 cm³/mol. The van der Waals surface area contributed by atoms with Gasteiger partial charge in [-0.25, -0.2) is 8.78 Å².